The fraction of sp³-hybridized carbons (Fsp3) is 0.407. The number of pyridine rings is 2. The van der Waals surface area contributed by atoms with E-state index in [1.807, 2.05) is 11.6 Å². The molecule has 0 unspecified atom stereocenters. The van der Waals surface area contributed by atoms with Crippen molar-refractivity contribution in [3.8, 4) is 0 Å². The van der Waals surface area contributed by atoms with Gasteiger partial charge in [0.25, 0.3) is 5.56 Å². The number of nitrogens with zero attached hydrogens (tertiary/aromatic N) is 4. The number of benzene rings is 2. The largest absolute Gasteiger partial charge is 0.372 e. The van der Waals surface area contributed by atoms with Gasteiger partial charge in [-0.05, 0) is 81.0 Å². The van der Waals surface area contributed by atoms with Crippen molar-refractivity contribution in [3.05, 3.63) is 51.8 Å². The standard InChI is InChI=1S/C27H30N4O/c1-4-30-10-6-8-17-12-19-14-21-26(28-22(19)15-23(17)30)20-13-18-9-7-11-31(5-2)24(18)16-25(20)29(3)27(21)32/h12-16H,4-11H2,1-3H3. The van der Waals surface area contributed by atoms with Crippen molar-refractivity contribution in [2.24, 2.45) is 7.05 Å². The van der Waals surface area contributed by atoms with Gasteiger partial charge in [0.2, 0.25) is 0 Å². The SMILES string of the molecule is CCN1CCCc2cc3cc4c(=O)n(C)c5cc6c(cc5c4nc3cc21)CCCN6CC. The molecule has 0 saturated carbocycles. The van der Waals surface area contributed by atoms with E-state index in [0.29, 0.717) is 0 Å². The predicted molar refractivity (Wildman–Crippen MR) is 134 cm³/mol. The van der Waals surface area contributed by atoms with Crippen LogP contribution in [0.3, 0.4) is 0 Å². The first-order valence-electron chi connectivity index (χ1n) is 12.0. The summed E-state index contributed by atoms with van der Waals surface area (Å²) in [6, 6.07) is 11.1. The van der Waals surface area contributed by atoms with Crippen LogP contribution in [0.5, 0.6) is 0 Å². The molecule has 0 spiro atoms. The number of rotatable bonds is 2. The van der Waals surface area contributed by atoms with Crippen LogP contribution in [-0.4, -0.2) is 35.7 Å². The van der Waals surface area contributed by atoms with E-state index in [9.17, 15) is 4.79 Å². The molecule has 6 rings (SSSR count). The molecule has 5 nitrogen and oxygen atoms in total. The van der Waals surface area contributed by atoms with Gasteiger partial charge in [0, 0.05) is 55.4 Å². The highest BCUT2D eigenvalue weighted by atomic mass is 16.1. The van der Waals surface area contributed by atoms with E-state index in [-0.39, 0.29) is 5.56 Å². The maximum Gasteiger partial charge on any atom is 0.260 e. The molecular weight excluding hydrogens is 396 g/mol. The molecule has 0 N–H and O–H groups in total. The van der Waals surface area contributed by atoms with Gasteiger partial charge >= 0.3 is 0 Å². The topological polar surface area (TPSA) is 41.4 Å². The zero-order chi connectivity index (χ0) is 22.0. The number of aromatic nitrogens is 2. The Kier molecular flexibility index (Phi) is 4.42. The summed E-state index contributed by atoms with van der Waals surface area (Å²) in [7, 11) is 1.89. The lowest BCUT2D eigenvalue weighted by molar-refractivity contribution is 0.708. The maximum absolute atomic E-state index is 13.4. The zero-order valence-corrected chi connectivity index (χ0v) is 19.2. The third kappa shape index (κ3) is 2.76. The summed E-state index contributed by atoms with van der Waals surface area (Å²) >= 11 is 0. The first-order chi connectivity index (χ1) is 15.6. The number of hydrogen-bond acceptors (Lipinski definition) is 4. The molecule has 5 heteroatoms. The Balaban J connectivity index is 1.68. The van der Waals surface area contributed by atoms with Crippen molar-refractivity contribution >= 4 is 44.1 Å². The smallest absolute Gasteiger partial charge is 0.260 e. The van der Waals surface area contributed by atoms with Crippen molar-refractivity contribution < 1.29 is 0 Å². The van der Waals surface area contributed by atoms with Crippen LogP contribution in [0.1, 0.15) is 37.8 Å². The van der Waals surface area contributed by atoms with E-state index < -0.39 is 0 Å². The minimum atomic E-state index is 0.0358. The maximum atomic E-state index is 13.4. The van der Waals surface area contributed by atoms with E-state index >= 15 is 0 Å². The molecule has 0 bridgehead atoms. The quantitative estimate of drug-likeness (QED) is 0.342. The molecule has 2 aromatic carbocycles. The Hall–Kier alpha value is -3.08. The van der Waals surface area contributed by atoms with Crippen LogP contribution in [0.25, 0.3) is 32.7 Å². The van der Waals surface area contributed by atoms with E-state index in [1.165, 1.54) is 35.3 Å². The van der Waals surface area contributed by atoms with Crippen molar-refractivity contribution in [2.45, 2.75) is 39.5 Å². The highest BCUT2D eigenvalue weighted by Gasteiger charge is 2.21. The summed E-state index contributed by atoms with van der Waals surface area (Å²) in [6.45, 7) is 8.60. The van der Waals surface area contributed by atoms with Gasteiger partial charge in [0.15, 0.2) is 0 Å². The Morgan fingerprint density at radius 2 is 1.50 bits per heavy atom. The van der Waals surface area contributed by atoms with Gasteiger partial charge < -0.3 is 14.4 Å². The summed E-state index contributed by atoms with van der Waals surface area (Å²) in [4.78, 5) is 23.4. The molecule has 2 aliphatic heterocycles. The zero-order valence-electron chi connectivity index (χ0n) is 19.2. The number of anilines is 2. The minimum absolute atomic E-state index is 0.0358. The van der Waals surface area contributed by atoms with E-state index in [0.717, 1.165) is 71.7 Å². The summed E-state index contributed by atoms with van der Waals surface area (Å²) in [5.41, 5.74) is 8.16. The van der Waals surface area contributed by atoms with Gasteiger partial charge in [-0.2, -0.15) is 0 Å². The van der Waals surface area contributed by atoms with Crippen LogP contribution in [0.15, 0.2) is 35.1 Å². The number of aryl methyl sites for hydroxylation is 3. The second-order valence-corrected chi connectivity index (χ2v) is 9.29. The molecule has 0 fully saturated rings. The molecule has 0 saturated heterocycles. The van der Waals surface area contributed by atoms with Gasteiger partial charge in [-0.3, -0.25) is 4.79 Å². The Morgan fingerprint density at radius 1 is 0.844 bits per heavy atom. The molecule has 4 heterocycles. The molecule has 4 aromatic rings. The fourth-order valence-corrected chi connectivity index (χ4v) is 5.81. The van der Waals surface area contributed by atoms with Gasteiger partial charge in [0.1, 0.15) is 0 Å². The van der Waals surface area contributed by atoms with Crippen LogP contribution in [0.4, 0.5) is 11.4 Å². The average molecular weight is 427 g/mol. The third-order valence-electron chi connectivity index (χ3n) is 7.56. The molecule has 2 aliphatic rings. The number of hydrogen-bond donors (Lipinski definition) is 0. The monoisotopic (exact) mass is 426 g/mol. The highest BCUT2D eigenvalue weighted by Crippen LogP contribution is 2.36. The van der Waals surface area contributed by atoms with Gasteiger partial charge in [-0.1, -0.05) is 0 Å². The lowest BCUT2D eigenvalue weighted by atomic mass is 9.96. The third-order valence-corrected chi connectivity index (χ3v) is 7.56. The van der Waals surface area contributed by atoms with Crippen molar-refractivity contribution in [1.29, 1.82) is 0 Å². The second-order valence-electron chi connectivity index (χ2n) is 9.29. The fourth-order valence-electron chi connectivity index (χ4n) is 5.81. The van der Waals surface area contributed by atoms with E-state index in [1.54, 1.807) is 0 Å². The first kappa shape index (κ1) is 19.6. The van der Waals surface area contributed by atoms with Crippen molar-refractivity contribution in [2.75, 3.05) is 36.0 Å². The van der Waals surface area contributed by atoms with Crippen LogP contribution < -0.4 is 15.4 Å². The van der Waals surface area contributed by atoms with Crippen molar-refractivity contribution in [3.63, 3.8) is 0 Å². The normalized spacial score (nSPS) is 16.1. The minimum Gasteiger partial charge on any atom is -0.372 e. The van der Waals surface area contributed by atoms with Gasteiger partial charge in [0.05, 0.1) is 21.9 Å². The van der Waals surface area contributed by atoms with Crippen LogP contribution in [-0.2, 0) is 19.9 Å². The predicted octanol–water partition coefficient (Wildman–Crippen LogP) is 4.78. The van der Waals surface area contributed by atoms with Crippen LogP contribution in [0.2, 0.25) is 0 Å². The molecule has 2 aromatic heterocycles. The summed E-state index contributed by atoms with van der Waals surface area (Å²) in [6.07, 6.45) is 4.53. The summed E-state index contributed by atoms with van der Waals surface area (Å²) in [5, 5.41) is 2.88. The number of fused-ring (bicyclic) bond motifs is 6. The first-order valence-corrected chi connectivity index (χ1v) is 12.0. The Bertz CT molecular complexity index is 1450. The highest BCUT2D eigenvalue weighted by molar-refractivity contribution is 6.08. The molecule has 0 amide bonds. The van der Waals surface area contributed by atoms with Crippen LogP contribution >= 0.6 is 0 Å². The lowest BCUT2D eigenvalue weighted by Crippen LogP contribution is -2.29. The summed E-state index contributed by atoms with van der Waals surface area (Å²) < 4.78 is 1.81. The molecular formula is C27H30N4O. The van der Waals surface area contributed by atoms with Gasteiger partial charge in [-0.25, -0.2) is 4.98 Å². The summed E-state index contributed by atoms with van der Waals surface area (Å²) in [5.74, 6) is 0. The second kappa shape index (κ2) is 7.22. The van der Waals surface area contributed by atoms with Gasteiger partial charge in [-0.15, -0.1) is 0 Å². The average Bonchev–Trinajstić information content (AvgIpc) is 2.83. The van der Waals surface area contributed by atoms with Crippen molar-refractivity contribution in [1.82, 2.24) is 9.55 Å². The molecule has 32 heavy (non-hydrogen) atoms. The molecule has 0 atom stereocenters. The Morgan fingerprint density at radius 3 is 2.19 bits per heavy atom. The Labute approximate surface area is 188 Å². The molecule has 0 aliphatic carbocycles. The lowest BCUT2D eigenvalue weighted by Gasteiger charge is -2.31. The molecule has 164 valence electrons. The molecule has 0 radical (unpaired) electrons. The van der Waals surface area contributed by atoms with Crippen LogP contribution in [0, 0.1) is 0 Å². The van der Waals surface area contributed by atoms with E-state index in [2.05, 4.69) is 54.0 Å². The van der Waals surface area contributed by atoms with E-state index in [4.69, 9.17) is 4.98 Å².